The summed E-state index contributed by atoms with van der Waals surface area (Å²) in [5.41, 5.74) is 2.36. The van der Waals surface area contributed by atoms with Crippen LogP contribution in [0.3, 0.4) is 0 Å². The Hall–Kier alpha value is -2.18. The van der Waals surface area contributed by atoms with E-state index in [1.54, 1.807) is 35.6 Å². The number of carbonyl (C=O) groups is 2. The molecule has 0 saturated carbocycles. The second-order valence-electron chi connectivity index (χ2n) is 5.06. The zero-order valence-corrected chi connectivity index (χ0v) is 13.4. The molecule has 0 saturated heterocycles. The molecule has 1 amide bonds. The lowest BCUT2D eigenvalue weighted by Gasteiger charge is -2.13. The number of ether oxygens (including phenoxy) is 1. The van der Waals surface area contributed by atoms with Gasteiger partial charge in [-0.1, -0.05) is 0 Å². The average molecular weight is 319 g/mol. The molecule has 2 N–H and O–H groups in total. The van der Waals surface area contributed by atoms with Crippen LogP contribution in [-0.4, -0.2) is 32.6 Å². The maximum absolute atomic E-state index is 12.0. The summed E-state index contributed by atoms with van der Waals surface area (Å²) in [5, 5.41) is 6.95. The van der Waals surface area contributed by atoms with E-state index in [4.69, 9.17) is 0 Å². The summed E-state index contributed by atoms with van der Waals surface area (Å²) in [6.45, 7) is 1.20. The van der Waals surface area contributed by atoms with Gasteiger partial charge in [0.05, 0.1) is 19.7 Å². The van der Waals surface area contributed by atoms with Crippen LogP contribution in [0.15, 0.2) is 41.1 Å². The van der Waals surface area contributed by atoms with E-state index < -0.39 is 5.97 Å². The summed E-state index contributed by atoms with van der Waals surface area (Å²) in [4.78, 5) is 24.5. The molecule has 1 aromatic carbocycles. The van der Waals surface area contributed by atoms with E-state index >= 15 is 0 Å². The molecule has 6 heteroatoms. The molecule has 116 valence electrons. The Kier molecular flexibility index (Phi) is 5.68. The first-order valence-electron chi connectivity index (χ1n) is 6.89. The first-order chi connectivity index (χ1) is 10.6. The van der Waals surface area contributed by atoms with Crippen molar-refractivity contribution in [2.24, 2.45) is 0 Å². The van der Waals surface area contributed by atoms with Gasteiger partial charge in [0.2, 0.25) is 0 Å². The number of nitrogens with one attached hydrogen (secondary N) is 2. The average Bonchev–Trinajstić information content (AvgIpc) is 2.99. The smallest absolute Gasteiger partial charge is 0.337 e. The van der Waals surface area contributed by atoms with Crippen molar-refractivity contribution in [1.29, 1.82) is 0 Å². The van der Waals surface area contributed by atoms with E-state index in [0.29, 0.717) is 17.8 Å². The molecule has 22 heavy (non-hydrogen) atoms. The molecule has 1 heterocycles. The van der Waals surface area contributed by atoms with Crippen LogP contribution >= 0.6 is 11.3 Å². The number of anilines is 1. The topological polar surface area (TPSA) is 59.8 Å². The fourth-order valence-corrected chi connectivity index (χ4v) is 2.76. The van der Waals surface area contributed by atoms with Gasteiger partial charge < -0.3 is 15.0 Å². The number of esters is 1. The summed E-state index contributed by atoms with van der Waals surface area (Å²) < 4.78 is 4.63. The maximum atomic E-state index is 12.0. The Morgan fingerprint density at radius 2 is 1.95 bits per heavy atom. The van der Waals surface area contributed by atoms with Gasteiger partial charge in [-0.3, -0.25) is 4.79 Å². The van der Waals surface area contributed by atoms with E-state index in [0.717, 1.165) is 11.4 Å². The maximum Gasteiger partial charge on any atom is 0.337 e. The minimum Gasteiger partial charge on any atom is -0.465 e. The van der Waals surface area contributed by atoms with E-state index in [2.05, 4.69) is 21.5 Å². The Bertz CT molecular complexity index is 623. The number of benzene rings is 1. The lowest BCUT2D eigenvalue weighted by atomic mass is 10.2. The van der Waals surface area contributed by atoms with Gasteiger partial charge in [0.15, 0.2) is 6.54 Å². The lowest BCUT2D eigenvalue weighted by molar-refractivity contribution is -0.885. The van der Waals surface area contributed by atoms with Crippen LogP contribution in [-0.2, 0) is 16.1 Å². The molecule has 5 nitrogen and oxygen atoms in total. The second kappa shape index (κ2) is 7.72. The molecule has 1 unspecified atom stereocenters. The minimum absolute atomic E-state index is 0.0569. The van der Waals surface area contributed by atoms with Gasteiger partial charge in [-0.15, -0.1) is 0 Å². The second-order valence-corrected chi connectivity index (χ2v) is 5.84. The molecule has 0 aliphatic heterocycles. The molecule has 1 aromatic heterocycles. The molecule has 0 spiro atoms. The van der Waals surface area contributed by atoms with Gasteiger partial charge in [-0.05, 0) is 41.1 Å². The van der Waals surface area contributed by atoms with Crippen molar-refractivity contribution in [1.82, 2.24) is 0 Å². The molecule has 0 aliphatic carbocycles. The van der Waals surface area contributed by atoms with Crippen LogP contribution in [0.1, 0.15) is 15.9 Å². The van der Waals surface area contributed by atoms with Crippen molar-refractivity contribution in [3.8, 4) is 0 Å². The van der Waals surface area contributed by atoms with Crippen molar-refractivity contribution in [2.75, 3.05) is 26.0 Å². The number of likely N-dealkylation sites (N-methyl/N-ethyl adjacent to an activating group) is 1. The highest BCUT2D eigenvalue weighted by Gasteiger charge is 2.11. The third-order valence-electron chi connectivity index (χ3n) is 3.14. The van der Waals surface area contributed by atoms with Crippen molar-refractivity contribution >= 4 is 28.9 Å². The molecule has 0 bridgehead atoms. The first-order valence-corrected chi connectivity index (χ1v) is 7.83. The zero-order valence-electron chi connectivity index (χ0n) is 12.6. The quantitative estimate of drug-likeness (QED) is 0.786. The highest BCUT2D eigenvalue weighted by Crippen LogP contribution is 2.10. The van der Waals surface area contributed by atoms with E-state index in [1.807, 2.05) is 12.4 Å². The normalized spacial score (nSPS) is 11.7. The van der Waals surface area contributed by atoms with Gasteiger partial charge in [0.1, 0.15) is 6.54 Å². The summed E-state index contributed by atoms with van der Waals surface area (Å²) in [5.74, 6) is -0.448. The minimum atomic E-state index is -0.391. The largest absolute Gasteiger partial charge is 0.465 e. The van der Waals surface area contributed by atoms with Crippen LogP contribution in [0.5, 0.6) is 0 Å². The number of amides is 1. The summed E-state index contributed by atoms with van der Waals surface area (Å²) in [6.07, 6.45) is 0. The van der Waals surface area contributed by atoms with E-state index in [-0.39, 0.29) is 5.91 Å². The van der Waals surface area contributed by atoms with Gasteiger partial charge in [-0.25, -0.2) is 4.79 Å². The molecular weight excluding hydrogens is 300 g/mol. The number of carbonyl (C=O) groups excluding carboxylic acids is 2. The SMILES string of the molecule is COC(=O)c1ccc(NC(=O)C[NH+](C)Cc2ccsc2)cc1. The highest BCUT2D eigenvalue weighted by molar-refractivity contribution is 7.07. The Labute approximate surface area is 133 Å². The number of thiophene rings is 1. The molecule has 2 aromatic rings. The monoisotopic (exact) mass is 319 g/mol. The van der Waals surface area contributed by atoms with E-state index in [9.17, 15) is 9.59 Å². The number of rotatable bonds is 6. The summed E-state index contributed by atoms with van der Waals surface area (Å²) in [6, 6.07) is 8.71. The fraction of sp³-hybridized carbons (Fsp3) is 0.250. The van der Waals surface area contributed by atoms with Crippen LogP contribution in [0.2, 0.25) is 0 Å². The van der Waals surface area contributed by atoms with E-state index in [1.165, 1.54) is 12.7 Å². The van der Waals surface area contributed by atoms with Crippen molar-refractivity contribution in [2.45, 2.75) is 6.54 Å². The van der Waals surface area contributed by atoms with Crippen LogP contribution in [0, 0.1) is 0 Å². The van der Waals surface area contributed by atoms with Gasteiger partial charge in [0, 0.05) is 11.3 Å². The zero-order chi connectivity index (χ0) is 15.9. The van der Waals surface area contributed by atoms with Crippen molar-refractivity contribution < 1.29 is 19.2 Å². The fourth-order valence-electron chi connectivity index (χ4n) is 2.09. The molecule has 1 atom stereocenters. The predicted molar refractivity (Wildman–Crippen MR) is 86.2 cm³/mol. The number of methoxy groups -OCH3 is 1. The van der Waals surface area contributed by atoms with Crippen LogP contribution in [0.25, 0.3) is 0 Å². The third kappa shape index (κ3) is 4.68. The van der Waals surface area contributed by atoms with Crippen LogP contribution in [0.4, 0.5) is 5.69 Å². The molecule has 0 aliphatic rings. The molecule has 2 rings (SSSR count). The molecule has 0 fully saturated rings. The summed E-state index contributed by atoms with van der Waals surface area (Å²) >= 11 is 1.66. The van der Waals surface area contributed by atoms with Crippen LogP contribution < -0.4 is 10.2 Å². The Balaban J connectivity index is 1.85. The lowest BCUT2D eigenvalue weighted by Crippen LogP contribution is -3.08. The highest BCUT2D eigenvalue weighted by atomic mass is 32.1. The molecule has 0 radical (unpaired) electrons. The van der Waals surface area contributed by atoms with Crippen molar-refractivity contribution in [3.05, 3.63) is 52.2 Å². The third-order valence-corrected chi connectivity index (χ3v) is 3.87. The number of hydrogen-bond donors (Lipinski definition) is 2. The van der Waals surface area contributed by atoms with Gasteiger partial charge in [-0.2, -0.15) is 11.3 Å². The number of hydrogen-bond acceptors (Lipinski definition) is 4. The van der Waals surface area contributed by atoms with Gasteiger partial charge >= 0.3 is 5.97 Å². The standard InChI is InChI=1S/C16H18N2O3S/c1-18(9-12-7-8-22-11-12)10-15(19)17-14-5-3-13(4-6-14)16(20)21-2/h3-8,11H,9-10H2,1-2H3,(H,17,19)/p+1. The predicted octanol–water partition coefficient (Wildman–Crippen LogP) is 1.19. The Morgan fingerprint density at radius 3 is 2.55 bits per heavy atom. The number of quaternary nitrogens is 1. The molecular formula is C16H19N2O3S+. The first kappa shape index (κ1) is 16.2. The van der Waals surface area contributed by atoms with Gasteiger partial charge in [0.25, 0.3) is 5.91 Å². The van der Waals surface area contributed by atoms with Crippen molar-refractivity contribution in [3.63, 3.8) is 0 Å². The Morgan fingerprint density at radius 1 is 1.23 bits per heavy atom. The summed E-state index contributed by atoms with van der Waals surface area (Å²) in [7, 11) is 3.32.